The van der Waals surface area contributed by atoms with Gasteiger partial charge in [-0.25, -0.2) is 0 Å². The number of aliphatic imine (C=N–C) groups is 1. The molecule has 0 saturated carbocycles. The van der Waals surface area contributed by atoms with E-state index in [0.717, 1.165) is 67.1 Å². The largest absolute Gasteiger partial charge is 0.454 e. The molecule has 8 heteroatoms. The second-order valence-electron chi connectivity index (χ2n) is 7.93. The predicted octanol–water partition coefficient (Wildman–Crippen LogP) is 2.56. The summed E-state index contributed by atoms with van der Waals surface area (Å²) in [5.41, 5.74) is 2.28. The van der Waals surface area contributed by atoms with Crippen LogP contribution in [0.25, 0.3) is 0 Å². The fourth-order valence-electron chi connectivity index (χ4n) is 4.27. The van der Waals surface area contributed by atoms with Crippen LogP contribution in [0, 0.1) is 0 Å². The van der Waals surface area contributed by atoms with Crippen LogP contribution in [0.4, 0.5) is 0 Å². The summed E-state index contributed by atoms with van der Waals surface area (Å²) >= 11 is 0. The summed E-state index contributed by atoms with van der Waals surface area (Å²) in [4.78, 5) is 4.41. The third-order valence-electron chi connectivity index (χ3n) is 6.15. The van der Waals surface area contributed by atoms with Crippen LogP contribution in [0.5, 0.6) is 23.0 Å². The van der Waals surface area contributed by atoms with Gasteiger partial charge in [0.1, 0.15) is 0 Å². The minimum absolute atomic E-state index is 0.0599. The second-order valence-corrected chi connectivity index (χ2v) is 7.93. The summed E-state index contributed by atoms with van der Waals surface area (Å²) < 4.78 is 27.6. The molecule has 31 heavy (non-hydrogen) atoms. The fraction of sp³-hybridized carbons (Fsp3) is 0.435. The van der Waals surface area contributed by atoms with Gasteiger partial charge in [0.25, 0.3) is 0 Å². The molecule has 0 bridgehead atoms. The molecule has 0 spiro atoms. The molecule has 164 valence electrons. The van der Waals surface area contributed by atoms with Gasteiger partial charge >= 0.3 is 0 Å². The average Bonchev–Trinajstić information content (AvgIpc) is 3.48. The Labute approximate surface area is 181 Å². The number of rotatable bonds is 5. The van der Waals surface area contributed by atoms with Crippen molar-refractivity contribution >= 4 is 5.96 Å². The van der Waals surface area contributed by atoms with Crippen molar-refractivity contribution in [3.05, 3.63) is 47.5 Å². The van der Waals surface area contributed by atoms with E-state index in [9.17, 15) is 0 Å². The molecule has 3 heterocycles. The molecular formula is C23H27N3O5. The Balaban J connectivity index is 1.26. The summed E-state index contributed by atoms with van der Waals surface area (Å²) in [6, 6.07) is 12.2. The number of benzene rings is 2. The highest BCUT2D eigenvalue weighted by Gasteiger charge is 2.36. The van der Waals surface area contributed by atoms with Crippen LogP contribution in [-0.4, -0.2) is 46.4 Å². The molecule has 2 aromatic carbocycles. The van der Waals surface area contributed by atoms with Gasteiger partial charge in [0, 0.05) is 38.8 Å². The molecule has 8 nitrogen and oxygen atoms in total. The summed E-state index contributed by atoms with van der Waals surface area (Å²) in [5, 5.41) is 6.92. The number of ether oxygens (including phenoxy) is 5. The molecule has 0 atom stereocenters. The van der Waals surface area contributed by atoms with Gasteiger partial charge in [0.15, 0.2) is 29.0 Å². The SMILES string of the molecule is CN=C(NCc1ccc2c(c1)OCO2)NCC1(c2ccc3c(c2)OCO3)CCOCC1. The van der Waals surface area contributed by atoms with Crippen molar-refractivity contribution in [1.82, 2.24) is 10.6 Å². The molecule has 1 fully saturated rings. The molecule has 2 aromatic rings. The number of hydrogen-bond acceptors (Lipinski definition) is 6. The maximum Gasteiger partial charge on any atom is 0.231 e. The van der Waals surface area contributed by atoms with Crippen LogP contribution in [0.3, 0.4) is 0 Å². The Bertz CT molecular complexity index is 972. The summed E-state index contributed by atoms with van der Waals surface area (Å²) in [7, 11) is 1.78. The number of hydrogen-bond donors (Lipinski definition) is 2. The summed E-state index contributed by atoms with van der Waals surface area (Å²) in [6.07, 6.45) is 1.86. The average molecular weight is 425 g/mol. The zero-order valence-corrected chi connectivity index (χ0v) is 17.6. The van der Waals surface area contributed by atoms with Gasteiger partial charge in [0.05, 0.1) is 0 Å². The van der Waals surface area contributed by atoms with Crippen molar-refractivity contribution in [2.75, 3.05) is 40.4 Å². The van der Waals surface area contributed by atoms with Crippen molar-refractivity contribution in [3.8, 4) is 23.0 Å². The molecule has 3 aliphatic rings. The van der Waals surface area contributed by atoms with E-state index in [1.54, 1.807) is 7.05 Å². The van der Waals surface area contributed by atoms with Gasteiger partial charge < -0.3 is 34.3 Å². The maximum absolute atomic E-state index is 5.66. The van der Waals surface area contributed by atoms with E-state index in [4.69, 9.17) is 23.7 Å². The van der Waals surface area contributed by atoms with Crippen LogP contribution < -0.4 is 29.6 Å². The monoisotopic (exact) mass is 425 g/mol. The molecule has 3 aliphatic heterocycles. The maximum atomic E-state index is 5.66. The molecule has 2 N–H and O–H groups in total. The third kappa shape index (κ3) is 4.07. The Morgan fingerprint density at radius 3 is 2.29 bits per heavy atom. The van der Waals surface area contributed by atoms with Crippen LogP contribution in [0.2, 0.25) is 0 Å². The first-order valence-corrected chi connectivity index (χ1v) is 10.6. The minimum Gasteiger partial charge on any atom is -0.454 e. The van der Waals surface area contributed by atoms with Crippen molar-refractivity contribution in [2.45, 2.75) is 24.8 Å². The topological polar surface area (TPSA) is 82.6 Å². The molecule has 0 aromatic heterocycles. The fourth-order valence-corrected chi connectivity index (χ4v) is 4.27. The van der Waals surface area contributed by atoms with E-state index in [2.05, 4.69) is 27.8 Å². The zero-order valence-electron chi connectivity index (χ0n) is 17.6. The predicted molar refractivity (Wildman–Crippen MR) is 115 cm³/mol. The molecule has 1 saturated heterocycles. The number of fused-ring (bicyclic) bond motifs is 2. The smallest absolute Gasteiger partial charge is 0.231 e. The van der Waals surface area contributed by atoms with Crippen molar-refractivity contribution in [1.29, 1.82) is 0 Å². The van der Waals surface area contributed by atoms with Crippen LogP contribution >= 0.6 is 0 Å². The van der Waals surface area contributed by atoms with E-state index in [1.807, 2.05) is 24.3 Å². The van der Waals surface area contributed by atoms with E-state index >= 15 is 0 Å². The van der Waals surface area contributed by atoms with Gasteiger partial charge in [0.2, 0.25) is 13.6 Å². The lowest BCUT2D eigenvalue weighted by Crippen LogP contribution is -2.47. The first kappa shape index (κ1) is 19.8. The Morgan fingerprint density at radius 1 is 0.871 bits per heavy atom. The quantitative estimate of drug-likeness (QED) is 0.563. The number of guanidine groups is 1. The molecule has 0 aliphatic carbocycles. The lowest BCUT2D eigenvalue weighted by atomic mass is 9.74. The lowest BCUT2D eigenvalue weighted by Gasteiger charge is -2.38. The molecule has 0 amide bonds. The van der Waals surface area contributed by atoms with Gasteiger partial charge in [-0.1, -0.05) is 12.1 Å². The Morgan fingerprint density at radius 2 is 1.55 bits per heavy atom. The van der Waals surface area contributed by atoms with Gasteiger partial charge in [-0.15, -0.1) is 0 Å². The highest BCUT2D eigenvalue weighted by molar-refractivity contribution is 5.79. The van der Waals surface area contributed by atoms with Crippen molar-refractivity contribution in [2.24, 2.45) is 4.99 Å². The summed E-state index contributed by atoms with van der Waals surface area (Å²) in [5.74, 6) is 3.95. The molecular weight excluding hydrogens is 398 g/mol. The van der Waals surface area contributed by atoms with Crippen LogP contribution in [0.15, 0.2) is 41.4 Å². The number of nitrogens with zero attached hydrogens (tertiary/aromatic N) is 1. The highest BCUT2D eigenvalue weighted by Crippen LogP contribution is 2.40. The van der Waals surface area contributed by atoms with Gasteiger partial charge in [-0.3, -0.25) is 4.99 Å². The zero-order chi connectivity index (χ0) is 21.1. The van der Waals surface area contributed by atoms with E-state index in [-0.39, 0.29) is 19.0 Å². The second kappa shape index (κ2) is 8.55. The Kier molecular flexibility index (Phi) is 5.46. The Hall–Kier alpha value is -3.13. The number of nitrogens with one attached hydrogen (secondary N) is 2. The van der Waals surface area contributed by atoms with Gasteiger partial charge in [-0.2, -0.15) is 0 Å². The molecule has 5 rings (SSSR count). The first-order valence-electron chi connectivity index (χ1n) is 10.6. The normalized spacial score (nSPS) is 18.7. The third-order valence-corrected chi connectivity index (χ3v) is 6.15. The molecule has 0 radical (unpaired) electrons. The van der Waals surface area contributed by atoms with Crippen LogP contribution in [0.1, 0.15) is 24.0 Å². The lowest BCUT2D eigenvalue weighted by molar-refractivity contribution is 0.0513. The van der Waals surface area contributed by atoms with E-state index < -0.39 is 0 Å². The van der Waals surface area contributed by atoms with Crippen molar-refractivity contribution < 1.29 is 23.7 Å². The standard InChI is InChI=1S/C23H27N3O5/c1-24-22(25-12-16-2-4-18-20(10-16)30-14-28-18)26-13-23(6-8-27-9-7-23)17-3-5-19-21(11-17)31-15-29-19/h2-5,10-11H,6-9,12-15H2,1H3,(H2,24,25,26). The van der Waals surface area contributed by atoms with Gasteiger partial charge in [-0.05, 0) is 48.2 Å². The van der Waals surface area contributed by atoms with E-state index in [0.29, 0.717) is 6.54 Å². The molecule has 0 unspecified atom stereocenters. The van der Waals surface area contributed by atoms with Crippen LogP contribution in [-0.2, 0) is 16.7 Å². The highest BCUT2D eigenvalue weighted by atomic mass is 16.7. The first-order chi connectivity index (χ1) is 15.3. The summed E-state index contributed by atoms with van der Waals surface area (Å²) in [6.45, 7) is 3.41. The minimum atomic E-state index is -0.0599. The van der Waals surface area contributed by atoms with Crippen molar-refractivity contribution in [3.63, 3.8) is 0 Å². The van der Waals surface area contributed by atoms with E-state index in [1.165, 1.54) is 5.56 Å².